The average Bonchev–Trinajstić information content (AvgIpc) is 3.24. The van der Waals surface area contributed by atoms with Gasteiger partial charge in [0.25, 0.3) is 0 Å². The molecule has 0 spiro atoms. The number of nitriles is 1. The van der Waals surface area contributed by atoms with Gasteiger partial charge in [-0.1, -0.05) is 18.5 Å². The highest BCUT2D eigenvalue weighted by molar-refractivity contribution is 7.91. The average molecular weight is 527 g/mol. The molecule has 186 valence electrons. The topological polar surface area (TPSA) is 145 Å². The molecular formula is C24H23ClN6O4S. The van der Waals surface area contributed by atoms with Crippen LogP contribution in [-0.4, -0.2) is 35.8 Å². The molecule has 4 aromatic rings. The maximum Gasteiger partial charge on any atom is 0.238 e. The lowest BCUT2D eigenvalue weighted by Crippen LogP contribution is -2.14. The normalized spacial score (nSPS) is 11.3. The molecule has 12 heteroatoms. The Kier molecular flexibility index (Phi) is 7.19. The highest BCUT2D eigenvalue weighted by Crippen LogP contribution is 2.33. The molecule has 0 aliphatic heterocycles. The van der Waals surface area contributed by atoms with Crippen LogP contribution in [0.4, 0.5) is 11.8 Å². The van der Waals surface area contributed by atoms with Gasteiger partial charge in [0.2, 0.25) is 16.0 Å². The van der Waals surface area contributed by atoms with E-state index in [0.717, 1.165) is 29.3 Å². The molecule has 10 nitrogen and oxygen atoms in total. The molecule has 4 rings (SSSR count). The van der Waals surface area contributed by atoms with Gasteiger partial charge in [-0.25, -0.2) is 13.4 Å². The standard InChI is InChI=1S/C24H23ClN6O4S/c1-3-8-34-22-16(12-26)9-18(11-20(22)25)31-7-6-15-10-19(4-5-21(15)31)35-14-17-13-28-24(29-23(17)27)30-36(2,32)33/h4-7,9-11,13H,3,8,14H2,1-2H3,(H3,27,28,29,30). The maximum absolute atomic E-state index is 11.3. The van der Waals surface area contributed by atoms with Crippen molar-refractivity contribution in [3.63, 3.8) is 0 Å². The van der Waals surface area contributed by atoms with Crippen molar-refractivity contribution in [1.82, 2.24) is 14.5 Å². The number of fused-ring (bicyclic) bond motifs is 1. The number of nitrogens with one attached hydrogen (secondary N) is 1. The van der Waals surface area contributed by atoms with Crippen LogP contribution in [-0.2, 0) is 16.6 Å². The van der Waals surface area contributed by atoms with Gasteiger partial charge in [-0.3, -0.25) is 4.72 Å². The van der Waals surface area contributed by atoms with Crippen molar-refractivity contribution in [3.8, 4) is 23.3 Å². The van der Waals surface area contributed by atoms with Crippen LogP contribution in [0.25, 0.3) is 16.6 Å². The van der Waals surface area contributed by atoms with Gasteiger partial charge in [0.05, 0.1) is 34.5 Å². The first kappa shape index (κ1) is 25.1. The second-order valence-corrected chi connectivity index (χ2v) is 10.1. The number of aromatic nitrogens is 3. The van der Waals surface area contributed by atoms with Crippen LogP contribution in [0.5, 0.6) is 11.5 Å². The fourth-order valence-electron chi connectivity index (χ4n) is 3.49. The summed E-state index contributed by atoms with van der Waals surface area (Å²) in [6.07, 6.45) is 5.10. The van der Waals surface area contributed by atoms with Gasteiger partial charge in [-0.2, -0.15) is 10.2 Å². The molecule has 0 radical (unpaired) electrons. The SMILES string of the molecule is CCCOc1c(Cl)cc(-n2ccc3cc(OCc4cnc(NS(C)(=O)=O)nc4N)ccc32)cc1C#N. The number of nitrogens with zero attached hydrogens (tertiary/aromatic N) is 4. The molecule has 0 fully saturated rings. The minimum atomic E-state index is -3.51. The van der Waals surface area contributed by atoms with Crippen molar-refractivity contribution in [1.29, 1.82) is 5.26 Å². The quantitative estimate of drug-likeness (QED) is 0.329. The zero-order valence-electron chi connectivity index (χ0n) is 19.5. The molecule has 0 bridgehead atoms. The zero-order valence-corrected chi connectivity index (χ0v) is 21.1. The predicted molar refractivity (Wildman–Crippen MR) is 138 cm³/mol. The maximum atomic E-state index is 11.3. The highest BCUT2D eigenvalue weighted by Gasteiger charge is 2.14. The largest absolute Gasteiger partial charge is 0.491 e. The van der Waals surface area contributed by atoms with Gasteiger partial charge in [0, 0.05) is 23.5 Å². The molecule has 2 aromatic carbocycles. The van der Waals surface area contributed by atoms with Gasteiger partial charge >= 0.3 is 0 Å². The summed E-state index contributed by atoms with van der Waals surface area (Å²) in [5.41, 5.74) is 8.43. The van der Waals surface area contributed by atoms with Crippen LogP contribution in [0.1, 0.15) is 24.5 Å². The van der Waals surface area contributed by atoms with Crippen molar-refractivity contribution in [2.75, 3.05) is 23.3 Å². The summed E-state index contributed by atoms with van der Waals surface area (Å²) in [5, 5.41) is 10.9. The number of rotatable bonds is 9. The van der Waals surface area contributed by atoms with E-state index in [-0.39, 0.29) is 18.4 Å². The summed E-state index contributed by atoms with van der Waals surface area (Å²) in [6.45, 7) is 2.55. The number of ether oxygens (including phenoxy) is 2. The third-order valence-corrected chi connectivity index (χ3v) is 5.94. The number of hydrogen-bond acceptors (Lipinski definition) is 8. The van der Waals surface area contributed by atoms with Crippen molar-refractivity contribution in [2.24, 2.45) is 0 Å². The molecule has 0 unspecified atom stereocenters. The van der Waals surface area contributed by atoms with Gasteiger partial charge < -0.3 is 19.8 Å². The third-order valence-electron chi connectivity index (χ3n) is 5.11. The molecule has 36 heavy (non-hydrogen) atoms. The number of sulfonamides is 1. The van der Waals surface area contributed by atoms with Gasteiger partial charge in [0.15, 0.2) is 5.75 Å². The van der Waals surface area contributed by atoms with E-state index in [2.05, 4.69) is 20.8 Å². The van der Waals surface area contributed by atoms with Crippen molar-refractivity contribution < 1.29 is 17.9 Å². The Hall–Kier alpha value is -4.01. The Morgan fingerprint density at radius 3 is 2.72 bits per heavy atom. The van der Waals surface area contributed by atoms with E-state index in [9.17, 15) is 13.7 Å². The smallest absolute Gasteiger partial charge is 0.238 e. The summed E-state index contributed by atoms with van der Waals surface area (Å²) in [5.74, 6) is 0.989. The third kappa shape index (κ3) is 5.62. The monoisotopic (exact) mass is 526 g/mol. The molecule has 0 saturated heterocycles. The van der Waals surface area contributed by atoms with E-state index >= 15 is 0 Å². The predicted octanol–water partition coefficient (Wildman–Crippen LogP) is 4.27. The van der Waals surface area contributed by atoms with Crippen LogP contribution in [0.15, 0.2) is 48.8 Å². The van der Waals surface area contributed by atoms with Gasteiger partial charge in [0.1, 0.15) is 24.2 Å². The summed E-state index contributed by atoms with van der Waals surface area (Å²) < 4.78 is 38.3. The number of halogens is 1. The van der Waals surface area contributed by atoms with E-state index in [0.29, 0.717) is 34.3 Å². The van der Waals surface area contributed by atoms with Gasteiger partial charge in [-0.05, 0) is 42.8 Å². The van der Waals surface area contributed by atoms with Crippen molar-refractivity contribution in [2.45, 2.75) is 20.0 Å². The first-order chi connectivity index (χ1) is 17.2. The van der Waals surface area contributed by atoms with E-state index in [1.165, 1.54) is 6.20 Å². The summed E-state index contributed by atoms with van der Waals surface area (Å²) in [6, 6.07) is 13.2. The van der Waals surface area contributed by atoms with Crippen molar-refractivity contribution >= 4 is 44.3 Å². The number of anilines is 2. The Balaban J connectivity index is 1.54. The van der Waals surface area contributed by atoms with E-state index in [1.54, 1.807) is 18.2 Å². The summed E-state index contributed by atoms with van der Waals surface area (Å²) >= 11 is 6.43. The minimum absolute atomic E-state index is 0.0948. The van der Waals surface area contributed by atoms with E-state index < -0.39 is 10.0 Å². The number of nitrogen functional groups attached to an aromatic ring is 1. The molecule has 0 atom stereocenters. The van der Waals surface area contributed by atoms with Crippen LogP contribution >= 0.6 is 11.6 Å². The van der Waals surface area contributed by atoms with Crippen LogP contribution < -0.4 is 19.9 Å². The molecule has 0 amide bonds. The fourth-order valence-corrected chi connectivity index (χ4v) is 4.19. The van der Waals surface area contributed by atoms with E-state index in [4.69, 9.17) is 26.8 Å². The summed E-state index contributed by atoms with van der Waals surface area (Å²) in [7, 11) is -3.51. The summed E-state index contributed by atoms with van der Waals surface area (Å²) in [4.78, 5) is 7.91. The zero-order chi connectivity index (χ0) is 25.9. The van der Waals surface area contributed by atoms with Crippen LogP contribution in [0.2, 0.25) is 5.02 Å². The Morgan fingerprint density at radius 2 is 2.03 bits per heavy atom. The van der Waals surface area contributed by atoms with Crippen molar-refractivity contribution in [3.05, 3.63) is 64.9 Å². The molecule has 3 N–H and O–H groups in total. The lowest BCUT2D eigenvalue weighted by atomic mass is 10.2. The molecule has 0 saturated carbocycles. The molecular weight excluding hydrogens is 504 g/mol. The lowest BCUT2D eigenvalue weighted by molar-refractivity contribution is 0.306. The molecule has 2 aromatic heterocycles. The van der Waals surface area contributed by atoms with E-state index in [1.807, 2.05) is 35.9 Å². The first-order valence-electron chi connectivity index (χ1n) is 10.9. The number of nitrogens with two attached hydrogens (primary N) is 1. The fraction of sp³-hybridized carbons (Fsp3) is 0.208. The highest BCUT2D eigenvalue weighted by atomic mass is 35.5. The Bertz CT molecular complexity index is 1580. The number of hydrogen-bond donors (Lipinski definition) is 2. The Labute approximate surface area is 213 Å². The van der Waals surface area contributed by atoms with Gasteiger partial charge in [-0.15, -0.1) is 0 Å². The Morgan fingerprint density at radius 1 is 1.22 bits per heavy atom. The van der Waals surface area contributed by atoms with Crippen LogP contribution in [0, 0.1) is 11.3 Å². The minimum Gasteiger partial charge on any atom is -0.491 e. The number of benzene rings is 2. The van der Waals surface area contributed by atoms with Crippen LogP contribution in [0.3, 0.4) is 0 Å². The first-order valence-corrected chi connectivity index (χ1v) is 13.2. The lowest BCUT2D eigenvalue weighted by Gasteiger charge is -2.13. The second kappa shape index (κ2) is 10.3. The molecule has 2 heterocycles. The molecule has 0 aliphatic carbocycles. The second-order valence-electron chi connectivity index (χ2n) is 7.94. The molecule has 0 aliphatic rings.